The molecule has 5 nitrogen and oxygen atoms in total. The number of anilines is 2. The number of rotatable bonds is 7. The zero-order valence-corrected chi connectivity index (χ0v) is 14.0. The van der Waals surface area contributed by atoms with E-state index in [-0.39, 0.29) is 16.8 Å². The van der Waals surface area contributed by atoms with Crippen LogP contribution in [-0.2, 0) is 4.74 Å². The molecule has 2 aromatic rings. The molecule has 1 unspecified atom stereocenters. The SMILES string of the molecule is COCC(C)Nc1nccc(-c2ccc(OC(F)F)cc2Cl)c1N. The Morgan fingerprint density at radius 2 is 2.04 bits per heavy atom. The summed E-state index contributed by atoms with van der Waals surface area (Å²) in [7, 11) is 1.61. The second-order valence-electron chi connectivity index (χ2n) is 5.14. The van der Waals surface area contributed by atoms with Crippen molar-refractivity contribution in [1.82, 2.24) is 4.98 Å². The first kappa shape index (κ1) is 18.2. The third kappa shape index (κ3) is 4.46. The van der Waals surface area contributed by atoms with Gasteiger partial charge in [-0.3, -0.25) is 0 Å². The van der Waals surface area contributed by atoms with Crippen molar-refractivity contribution in [3.05, 3.63) is 35.5 Å². The van der Waals surface area contributed by atoms with E-state index < -0.39 is 6.61 Å². The van der Waals surface area contributed by atoms with Crippen molar-refractivity contribution in [2.75, 3.05) is 24.8 Å². The summed E-state index contributed by atoms with van der Waals surface area (Å²) in [5.41, 5.74) is 7.82. The van der Waals surface area contributed by atoms with E-state index in [2.05, 4.69) is 15.0 Å². The van der Waals surface area contributed by atoms with Gasteiger partial charge in [0.2, 0.25) is 0 Å². The summed E-state index contributed by atoms with van der Waals surface area (Å²) in [6, 6.07) is 6.03. The standard InChI is InChI=1S/C16H18ClF2N3O2/c1-9(8-23-2)22-15-14(20)12(5-6-21-15)11-4-3-10(7-13(11)17)24-16(18)19/h3-7,9,16H,8,20H2,1-2H3,(H,21,22). The largest absolute Gasteiger partial charge is 0.435 e. The quantitative estimate of drug-likeness (QED) is 0.782. The van der Waals surface area contributed by atoms with Gasteiger partial charge in [-0.1, -0.05) is 11.6 Å². The Hall–Kier alpha value is -2.12. The first-order chi connectivity index (χ1) is 11.4. The number of nitrogens with two attached hydrogens (primary N) is 1. The Kier molecular flexibility index (Phi) is 6.16. The minimum absolute atomic E-state index is 0.0114. The molecule has 0 aliphatic heterocycles. The molecule has 130 valence electrons. The monoisotopic (exact) mass is 357 g/mol. The zero-order chi connectivity index (χ0) is 17.7. The fourth-order valence-electron chi connectivity index (χ4n) is 2.24. The lowest BCUT2D eigenvalue weighted by molar-refractivity contribution is -0.0498. The normalized spacial score (nSPS) is 12.2. The number of pyridine rings is 1. The van der Waals surface area contributed by atoms with Crippen molar-refractivity contribution in [2.45, 2.75) is 19.6 Å². The fourth-order valence-corrected chi connectivity index (χ4v) is 2.51. The van der Waals surface area contributed by atoms with E-state index in [1.165, 1.54) is 12.1 Å². The molecule has 3 N–H and O–H groups in total. The van der Waals surface area contributed by atoms with Crippen LogP contribution in [0, 0.1) is 0 Å². The number of nitrogens with zero attached hydrogens (tertiary/aromatic N) is 1. The number of ether oxygens (including phenoxy) is 2. The van der Waals surface area contributed by atoms with Crippen LogP contribution in [0.25, 0.3) is 11.1 Å². The summed E-state index contributed by atoms with van der Waals surface area (Å²) < 4.78 is 33.9. The average Bonchev–Trinajstić information content (AvgIpc) is 2.50. The summed E-state index contributed by atoms with van der Waals surface area (Å²) in [5.74, 6) is 0.486. The number of alkyl halides is 2. The van der Waals surface area contributed by atoms with Gasteiger partial charge in [-0.15, -0.1) is 0 Å². The molecular weight excluding hydrogens is 340 g/mol. The van der Waals surface area contributed by atoms with E-state index >= 15 is 0 Å². The number of halogens is 3. The fraction of sp³-hybridized carbons (Fsp3) is 0.312. The van der Waals surface area contributed by atoms with Gasteiger partial charge in [0.05, 0.1) is 17.3 Å². The maximum absolute atomic E-state index is 12.3. The number of hydrogen-bond acceptors (Lipinski definition) is 5. The molecule has 0 aliphatic rings. The highest BCUT2D eigenvalue weighted by Crippen LogP contribution is 2.37. The highest BCUT2D eigenvalue weighted by atomic mass is 35.5. The summed E-state index contributed by atoms with van der Waals surface area (Å²) in [6.07, 6.45) is 1.59. The molecule has 8 heteroatoms. The Morgan fingerprint density at radius 1 is 1.29 bits per heavy atom. The molecule has 24 heavy (non-hydrogen) atoms. The summed E-state index contributed by atoms with van der Waals surface area (Å²) in [6.45, 7) is -0.483. The number of benzene rings is 1. The van der Waals surface area contributed by atoms with Crippen LogP contribution in [0.5, 0.6) is 5.75 Å². The lowest BCUT2D eigenvalue weighted by Crippen LogP contribution is -2.22. The maximum atomic E-state index is 12.3. The molecule has 2 rings (SSSR count). The van der Waals surface area contributed by atoms with Gasteiger partial charge in [-0.25, -0.2) is 4.98 Å². The van der Waals surface area contributed by atoms with E-state index in [4.69, 9.17) is 22.1 Å². The predicted molar refractivity (Wildman–Crippen MR) is 90.7 cm³/mol. The summed E-state index contributed by atoms with van der Waals surface area (Å²) >= 11 is 6.19. The molecule has 0 bridgehead atoms. The Balaban J connectivity index is 2.32. The summed E-state index contributed by atoms with van der Waals surface area (Å²) in [5, 5.41) is 3.40. The van der Waals surface area contributed by atoms with Gasteiger partial charge in [0, 0.05) is 30.5 Å². The van der Waals surface area contributed by atoms with Crippen molar-refractivity contribution in [3.63, 3.8) is 0 Å². The van der Waals surface area contributed by atoms with Crippen LogP contribution in [0.1, 0.15) is 6.92 Å². The topological polar surface area (TPSA) is 69.4 Å². The highest BCUT2D eigenvalue weighted by molar-refractivity contribution is 6.33. The van der Waals surface area contributed by atoms with Crippen molar-refractivity contribution >= 4 is 23.1 Å². The van der Waals surface area contributed by atoms with Crippen molar-refractivity contribution in [2.24, 2.45) is 0 Å². The molecule has 1 aromatic heterocycles. The molecule has 1 heterocycles. The lowest BCUT2D eigenvalue weighted by atomic mass is 10.0. The third-order valence-electron chi connectivity index (χ3n) is 3.25. The number of methoxy groups -OCH3 is 1. The van der Waals surface area contributed by atoms with E-state index in [0.29, 0.717) is 29.2 Å². The Bertz CT molecular complexity index is 701. The van der Waals surface area contributed by atoms with Crippen LogP contribution in [0.4, 0.5) is 20.3 Å². The van der Waals surface area contributed by atoms with Gasteiger partial charge in [0.1, 0.15) is 11.6 Å². The molecule has 0 fully saturated rings. The predicted octanol–water partition coefficient (Wildman–Crippen LogP) is 4.03. The molecule has 0 saturated carbocycles. The van der Waals surface area contributed by atoms with Gasteiger partial charge >= 0.3 is 6.61 Å². The van der Waals surface area contributed by atoms with Crippen molar-refractivity contribution in [1.29, 1.82) is 0 Å². The van der Waals surface area contributed by atoms with Gasteiger partial charge < -0.3 is 20.5 Å². The van der Waals surface area contributed by atoms with Crippen LogP contribution in [-0.4, -0.2) is 31.4 Å². The molecule has 0 radical (unpaired) electrons. The molecule has 0 aliphatic carbocycles. The number of aromatic nitrogens is 1. The smallest absolute Gasteiger partial charge is 0.387 e. The minimum atomic E-state index is -2.91. The van der Waals surface area contributed by atoms with Crippen molar-refractivity contribution in [3.8, 4) is 16.9 Å². The molecule has 0 spiro atoms. The first-order valence-electron chi connectivity index (χ1n) is 7.17. The van der Waals surface area contributed by atoms with Crippen molar-refractivity contribution < 1.29 is 18.3 Å². The number of nitrogen functional groups attached to an aromatic ring is 1. The number of hydrogen-bond donors (Lipinski definition) is 2. The average molecular weight is 358 g/mol. The molecule has 0 saturated heterocycles. The first-order valence-corrected chi connectivity index (χ1v) is 7.54. The van der Waals surface area contributed by atoms with Gasteiger partial charge in [0.15, 0.2) is 0 Å². The zero-order valence-electron chi connectivity index (χ0n) is 13.2. The van der Waals surface area contributed by atoms with E-state index in [1.54, 1.807) is 25.4 Å². The Morgan fingerprint density at radius 3 is 2.67 bits per heavy atom. The van der Waals surface area contributed by atoms with Gasteiger partial charge in [-0.2, -0.15) is 8.78 Å². The molecular formula is C16H18ClF2N3O2. The van der Waals surface area contributed by atoms with Crippen LogP contribution in [0.2, 0.25) is 5.02 Å². The second kappa shape index (κ2) is 8.12. The van der Waals surface area contributed by atoms with E-state index in [0.717, 1.165) is 0 Å². The second-order valence-corrected chi connectivity index (χ2v) is 5.55. The van der Waals surface area contributed by atoms with Crippen LogP contribution in [0.3, 0.4) is 0 Å². The van der Waals surface area contributed by atoms with Crippen LogP contribution >= 0.6 is 11.6 Å². The third-order valence-corrected chi connectivity index (χ3v) is 3.56. The molecule has 0 amide bonds. The van der Waals surface area contributed by atoms with Crippen LogP contribution in [0.15, 0.2) is 30.5 Å². The Labute approximate surface area is 143 Å². The van der Waals surface area contributed by atoms with E-state index in [9.17, 15) is 8.78 Å². The number of nitrogens with one attached hydrogen (secondary N) is 1. The summed E-state index contributed by atoms with van der Waals surface area (Å²) in [4.78, 5) is 4.21. The maximum Gasteiger partial charge on any atom is 0.387 e. The van der Waals surface area contributed by atoms with Gasteiger partial charge in [-0.05, 0) is 31.2 Å². The molecule has 1 aromatic carbocycles. The van der Waals surface area contributed by atoms with E-state index in [1.807, 2.05) is 6.92 Å². The van der Waals surface area contributed by atoms with Gasteiger partial charge in [0.25, 0.3) is 0 Å². The molecule has 1 atom stereocenters. The van der Waals surface area contributed by atoms with Crippen LogP contribution < -0.4 is 15.8 Å². The highest BCUT2D eigenvalue weighted by Gasteiger charge is 2.14. The minimum Gasteiger partial charge on any atom is -0.435 e. The lowest BCUT2D eigenvalue weighted by Gasteiger charge is -2.17.